The van der Waals surface area contributed by atoms with Gasteiger partial charge < -0.3 is 5.73 Å². The number of hydrogen-bond donors (Lipinski definition) is 1. The molecule has 1 aliphatic rings. The Morgan fingerprint density at radius 1 is 1.35 bits per heavy atom. The smallest absolute Gasteiger partial charge is 0.235 e. The highest BCUT2D eigenvalue weighted by Crippen LogP contribution is 2.31. The van der Waals surface area contributed by atoms with Gasteiger partial charge in [0, 0.05) is 12.6 Å². The number of nitrogens with two attached hydrogens (primary N) is 1. The molecule has 1 atom stereocenters. The van der Waals surface area contributed by atoms with Gasteiger partial charge in [-0.3, -0.25) is 4.31 Å². The second-order valence-corrected chi connectivity index (χ2v) is 6.18. The molecule has 17 heavy (non-hydrogen) atoms. The van der Waals surface area contributed by atoms with Crippen molar-refractivity contribution in [2.75, 3.05) is 22.3 Å². The van der Waals surface area contributed by atoms with Crippen LogP contribution < -0.4 is 10.0 Å². The number of rotatable bonds is 1. The summed E-state index contributed by atoms with van der Waals surface area (Å²) in [5, 5.41) is 0. The Kier molecular flexibility index (Phi) is 2.73. The largest absolute Gasteiger partial charge is 0.396 e. The summed E-state index contributed by atoms with van der Waals surface area (Å²) >= 11 is 0. The number of anilines is 2. The zero-order chi connectivity index (χ0) is 12.8. The fourth-order valence-corrected chi connectivity index (χ4v) is 3.82. The molecule has 0 saturated carbocycles. The van der Waals surface area contributed by atoms with E-state index in [0.29, 0.717) is 6.07 Å². The van der Waals surface area contributed by atoms with Crippen molar-refractivity contribution in [1.29, 1.82) is 0 Å². The van der Waals surface area contributed by atoms with Gasteiger partial charge in [-0.15, -0.1) is 0 Å². The summed E-state index contributed by atoms with van der Waals surface area (Å²) in [6.07, 6.45) is 0. The monoisotopic (exact) mass is 262 g/mol. The number of hydrogen-bond acceptors (Lipinski definition) is 3. The molecule has 1 heterocycles. The average molecular weight is 262 g/mol. The third-order valence-corrected chi connectivity index (χ3v) is 4.65. The highest BCUT2D eigenvalue weighted by Gasteiger charge is 2.35. The van der Waals surface area contributed by atoms with Crippen LogP contribution >= 0.6 is 0 Å². The molecule has 94 valence electrons. The number of sulfonamides is 1. The van der Waals surface area contributed by atoms with Crippen LogP contribution in [-0.4, -0.2) is 20.7 Å². The molecule has 1 unspecified atom stereocenters. The van der Waals surface area contributed by atoms with E-state index in [1.54, 1.807) is 6.92 Å². The second-order valence-electron chi connectivity index (χ2n) is 4.24. The van der Waals surface area contributed by atoms with Crippen molar-refractivity contribution >= 4 is 21.4 Å². The fourth-order valence-electron chi connectivity index (χ4n) is 1.89. The quantitative estimate of drug-likeness (QED) is 0.777. The Balaban J connectivity index is 2.52. The molecule has 2 N–H and O–H groups in total. The zero-order valence-electron chi connectivity index (χ0n) is 9.15. The molecule has 0 radical (unpaired) electrons. The number of benzene rings is 1. The Morgan fingerprint density at radius 3 is 2.53 bits per heavy atom. The number of halogens is 2. The number of nitrogens with zero attached hydrogens (tertiary/aromatic N) is 1. The van der Waals surface area contributed by atoms with Crippen molar-refractivity contribution in [1.82, 2.24) is 0 Å². The van der Waals surface area contributed by atoms with Crippen molar-refractivity contribution < 1.29 is 17.2 Å². The van der Waals surface area contributed by atoms with Crippen LogP contribution in [0.3, 0.4) is 0 Å². The van der Waals surface area contributed by atoms with Crippen LogP contribution in [0.1, 0.15) is 6.92 Å². The minimum absolute atomic E-state index is 0.0380. The van der Waals surface area contributed by atoms with Gasteiger partial charge in [-0.1, -0.05) is 6.92 Å². The Morgan fingerprint density at radius 2 is 2.00 bits per heavy atom. The summed E-state index contributed by atoms with van der Waals surface area (Å²) in [6, 6.07) is 1.61. The van der Waals surface area contributed by atoms with Crippen molar-refractivity contribution in [2.45, 2.75) is 6.92 Å². The van der Waals surface area contributed by atoms with Crippen molar-refractivity contribution in [3.63, 3.8) is 0 Å². The van der Waals surface area contributed by atoms with Crippen molar-refractivity contribution in [2.24, 2.45) is 5.92 Å². The first-order valence-corrected chi connectivity index (χ1v) is 6.67. The van der Waals surface area contributed by atoms with E-state index in [1.165, 1.54) is 0 Å². The Labute approximate surface area is 98.1 Å². The van der Waals surface area contributed by atoms with E-state index in [1.807, 2.05) is 0 Å². The molecular formula is C10H12F2N2O2S. The van der Waals surface area contributed by atoms with Gasteiger partial charge in [0.25, 0.3) is 0 Å². The molecule has 1 saturated heterocycles. The normalized spacial score (nSPS) is 23.0. The SMILES string of the molecule is CC1CN(c2cc(N)c(F)cc2F)S(=O)(=O)C1. The lowest BCUT2D eigenvalue weighted by Crippen LogP contribution is -2.26. The van der Waals surface area contributed by atoms with Crippen LogP contribution in [0.5, 0.6) is 0 Å². The average Bonchev–Trinajstić information content (AvgIpc) is 2.45. The van der Waals surface area contributed by atoms with Crippen LogP contribution in [0, 0.1) is 17.6 Å². The van der Waals surface area contributed by atoms with E-state index in [4.69, 9.17) is 5.73 Å². The molecule has 7 heteroatoms. The fraction of sp³-hybridized carbons (Fsp3) is 0.400. The van der Waals surface area contributed by atoms with Crippen molar-refractivity contribution in [3.8, 4) is 0 Å². The van der Waals surface area contributed by atoms with Gasteiger partial charge in [0.05, 0.1) is 17.1 Å². The maximum Gasteiger partial charge on any atom is 0.235 e. The number of nitrogen functional groups attached to an aromatic ring is 1. The van der Waals surface area contributed by atoms with E-state index >= 15 is 0 Å². The van der Waals surface area contributed by atoms with Gasteiger partial charge in [0.1, 0.15) is 5.82 Å². The molecule has 0 spiro atoms. The molecular weight excluding hydrogens is 250 g/mol. The lowest BCUT2D eigenvalue weighted by atomic mass is 10.2. The lowest BCUT2D eigenvalue weighted by molar-refractivity contribution is 0.580. The molecule has 0 amide bonds. The molecule has 0 bridgehead atoms. The van der Waals surface area contributed by atoms with Gasteiger partial charge in [-0.2, -0.15) is 0 Å². The minimum Gasteiger partial charge on any atom is -0.396 e. The molecule has 0 aromatic heterocycles. The van der Waals surface area contributed by atoms with E-state index in [9.17, 15) is 17.2 Å². The van der Waals surface area contributed by atoms with E-state index in [-0.39, 0.29) is 29.6 Å². The maximum atomic E-state index is 13.6. The minimum atomic E-state index is -3.53. The highest BCUT2D eigenvalue weighted by atomic mass is 32.2. The molecule has 1 aromatic rings. The predicted octanol–water partition coefficient (Wildman–Crippen LogP) is 1.33. The van der Waals surface area contributed by atoms with E-state index in [2.05, 4.69) is 0 Å². The predicted molar refractivity (Wildman–Crippen MR) is 61.1 cm³/mol. The van der Waals surface area contributed by atoms with Gasteiger partial charge in [0.2, 0.25) is 10.0 Å². The standard InChI is InChI=1S/C10H12F2N2O2S/c1-6-4-14(17(15,16)5-6)10-3-9(13)7(11)2-8(10)12/h2-3,6H,4-5,13H2,1H3. The molecule has 1 aromatic carbocycles. The zero-order valence-corrected chi connectivity index (χ0v) is 9.97. The Hall–Kier alpha value is -1.37. The van der Waals surface area contributed by atoms with E-state index < -0.39 is 21.7 Å². The van der Waals surface area contributed by atoms with Gasteiger partial charge >= 0.3 is 0 Å². The first-order valence-electron chi connectivity index (χ1n) is 5.06. The van der Waals surface area contributed by atoms with Gasteiger partial charge in [0.15, 0.2) is 5.82 Å². The van der Waals surface area contributed by atoms with Crippen LogP contribution in [0.15, 0.2) is 12.1 Å². The summed E-state index contributed by atoms with van der Waals surface area (Å²) in [4.78, 5) is 0. The van der Waals surface area contributed by atoms with Crippen LogP contribution in [0.4, 0.5) is 20.2 Å². The highest BCUT2D eigenvalue weighted by molar-refractivity contribution is 7.93. The summed E-state index contributed by atoms with van der Waals surface area (Å²) in [6.45, 7) is 1.94. The van der Waals surface area contributed by atoms with Crippen LogP contribution in [-0.2, 0) is 10.0 Å². The maximum absolute atomic E-state index is 13.6. The van der Waals surface area contributed by atoms with Gasteiger partial charge in [-0.25, -0.2) is 17.2 Å². The van der Waals surface area contributed by atoms with Crippen LogP contribution in [0.25, 0.3) is 0 Å². The first-order chi connectivity index (χ1) is 7.81. The molecule has 2 rings (SSSR count). The van der Waals surface area contributed by atoms with Crippen molar-refractivity contribution in [3.05, 3.63) is 23.8 Å². The third kappa shape index (κ3) is 2.06. The van der Waals surface area contributed by atoms with E-state index in [0.717, 1.165) is 10.4 Å². The van der Waals surface area contributed by atoms with Crippen LogP contribution in [0.2, 0.25) is 0 Å². The molecule has 1 aliphatic heterocycles. The molecule has 0 aliphatic carbocycles. The summed E-state index contributed by atoms with van der Waals surface area (Å²) < 4.78 is 51.0. The first kappa shape index (κ1) is 12.1. The summed E-state index contributed by atoms with van der Waals surface area (Å²) in [5.74, 6) is -1.94. The second kappa shape index (κ2) is 3.83. The summed E-state index contributed by atoms with van der Waals surface area (Å²) in [5.41, 5.74) is 4.86. The molecule has 4 nitrogen and oxygen atoms in total. The lowest BCUT2D eigenvalue weighted by Gasteiger charge is -2.18. The molecule has 1 fully saturated rings. The summed E-state index contributed by atoms with van der Waals surface area (Å²) in [7, 11) is -3.53. The third-order valence-electron chi connectivity index (χ3n) is 2.64. The Bertz CT molecular complexity index is 560. The van der Waals surface area contributed by atoms with Gasteiger partial charge in [-0.05, 0) is 12.0 Å². The topological polar surface area (TPSA) is 63.4 Å².